The van der Waals surface area contributed by atoms with Crippen LogP contribution in [0.1, 0.15) is 26.3 Å². The van der Waals surface area contributed by atoms with Gasteiger partial charge in [-0.05, 0) is 12.3 Å². The van der Waals surface area contributed by atoms with Crippen molar-refractivity contribution in [1.82, 2.24) is 9.78 Å². The Labute approximate surface area is 100 Å². The van der Waals surface area contributed by atoms with Crippen molar-refractivity contribution in [3.05, 3.63) is 12.4 Å². The summed E-state index contributed by atoms with van der Waals surface area (Å²) in [5.74, 6) is -0.830. The molecule has 6 nitrogen and oxygen atoms in total. The fraction of sp³-hybridized carbons (Fsp3) is 0.600. The largest absolute Gasteiger partial charge is 0.480 e. The molecule has 0 aliphatic rings. The lowest BCUT2D eigenvalue weighted by Gasteiger charge is -2.14. The number of sulfone groups is 1. The summed E-state index contributed by atoms with van der Waals surface area (Å²) in [4.78, 5) is 11.1. The molecule has 1 unspecified atom stereocenters. The maximum atomic E-state index is 11.3. The molecule has 0 bridgehead atoms. The molecule has 1 heterocycles. The molecule has 7 heteroatoms. The molecule has 1 aromatic heterocycles. The van der Waals surface area contributed by atoms with E-state index in [1.54, 1.807) is 0 Å². The van der Waals surface area contributed by atoms with E-state index in [9.17, 15) is 13.2 Å². The van der Waals surface area contributed by atoms with Crippen LogP contribution in [-0.2, 0) is 14.6 Å². The lowest BCUT2D eigenvalue weighted by Crippen LogP contribution is -2.21. The third-order valence-electron chi connectivity index (χ3n) is 2.31. The minimum atomic E-state index is -3.35. The van der Waals surface area contributed by atoms with E-state index in [0.717, 1.165) is 6.26 Å². The lowest BCUT2D eigenvalue weighted by atomic mass is 10.0. The SMILES string of the molecule is CC(C)CC(C(=O)O)n1cc(S(C)(=O)=O)cn1. The normalized spacial score (nSPS) is 13.9. The fourth-order valence-corrected chi connectivity index (χ4v) is 1.99. The van der Waals surface area contributed by atoms with E-state index in [2.05, 4.69) is 5.10 Å². The van der Waals surface area contributed by atoms with Gasteiger partial charge >= 0.3 is 5.97 Å². The number of hydrogen-bond acceptors (Lipinski definition) is 4. The predicted octanol–water partition coefficient (Wildman–Crippen LogP) is 0.958. The summed E-state index contributed by atoms with van der Waals surface area (Å²) in [6, 6.07) is -0.828. The second-order valence-electron chi connectivity index (χ2n) is 4.41. The van der Waals surface area contributed by atoms with Crippen LogP contribution in [0.4, 0.5) is 0 Å². The van der Waals surface area contributed by atoms with Gasteiger partial charge < -0.3 is 5.11 Å². The molecule has 0 radical (unpaired) electrons. The van der Waals surface area contributed by atoms with Crippen LogP contribution in [0.15, 0.2) is 17.3 Å². The minimum Gasteiger partial charge on any atom is -0.480 e. The van der Waals surface area contributed by atoms with E-state index in [-0.39, 0.29) is 10.8 Å². The van der Waals surface area contributed by atoms with Gasteiger partial charge in [-0.3, -0.25) is 4.68 Å². The summed E-state index contributed by atoms with van der Waals surface area (Å²) in [6.45, 7) is 3.80. The standard InChI is InChI=1S/C10H16N2O4S/c1-7(2)4-9(10(13)14)12-6-8(5-11-12)17(3,15)16/h5-7,9H,4H2,1-3H3,(H,13,14). The number of aliphatic carboxylic acids is 1. The average molecular weight is 260 g/mol. The first-order valence-electron chi connectivity index (χ1n) is 5.19. The molecular formula is C10H16N2O4S. The van der Waals surface area contributed by atoms with Crippen LogP contribution in [0.2, 0.25) is 0 Å². The topological polar surface area (TPSA) is 89.3 Å². The molecule has 0 aliphatic carbocycles. The van der Waals surface area contributed by atoms with Crippen LogP contribution in [0.5, 0.6) is 0 Å². The molecule has 0 amide bonds. The Balaban J connectivity index is 3.04. The third kappa shape index (κ3) is 3.55. The summed E-state index contributed by atoms with van der Waals surface area (Å²) in [5.41, 5.74) is 0. The Morgan fingerprint density at radius 1 is 1.53 bits per heavy atom. The minimum absolute atomic E-state index is 0.0347. The number of rotatable bonds is 5. The van der Waals surface area contributed by atoms with Gasteiger partial charge in [0.1, 0.15) is 10.9 Å². The van der Waals surface area contributed by atoms with Crippen molar-refractivity contribution >= 4 is 15.8 Å². The lowest BCUT2D eigenvalue weighted by molar-refractivity contribution is -0.141. The Hall–Kier alpha value is -1.37. The van der Waals surface area contributed by atoms with Gasteiger partial charge in [0.25, 0.3) is 0 Å². The van der Waals surface area contributed by atoms with Crippen molar-refractivity contribution in [1.29, 1.82) is 0 Å². The highest BCUT2D eigenvalue weighted by molar-refractivity contribution is 7.90. The summed E-state index contributed by atoms with van der Waals surface area (Å²) in [5, 5.41) is 12.9. The van der Waals surface area contributed by atoms with E-state index in [1.807, 2.05) is 13.8 Å². The van der Waals surface area contributed by atoms with Crippen LogP contribution < -0.4 is 0 Å². The first kappa shape index (κ1) is 13.7. The van der Waals surface area contributed by atoms with E-state index in [4.69, 9.17) is 5.11 Å². The van der Waals surface area contributed by atoms with Crippen molar-refractivity contribution in [2.75, 3.05) is 6.26 Å². The number of carbonyl (C=O) groups is 1. The number of hydrogen-bond donors (Lipinski definition) is 1. The number of nitrogens with zero attached hydrogens (tertiary/aromatic N) is 2. The van der Waals surface area contributed by atoms with Gasteiger partial charge in [-0.1, -0.05) is 13.8 Å². The third-order valence-corrected chi connectivity index (χ3v) is 3.37. The van der Waals surface area contributed by atoms with Gasteiger partial charge in [-0.2, -0.15) is 5.10 Å². The fourth-order valence-electron chi connectivity index (χ4n) is 1.45. The van der Waals surface area contributed by atoms with Crippen LogP contribution in [-0.4, -0.2) is 35.5 Å². The second kappa shape index (κ2) is 4.87. The van der Waals surface area contributed by atoms with E-state index >= 15 is 0 Å². The molecule has 0 spiro atoms. The number of carboxylic acid groups (broad SMARTS) is 1. The second-order valence-corrected chi connectivity index (χ2v) is 6.43. The summed E-state index contributed by atoms with van der Waals surface area (Å²) >= 11 is 0. The van der Waals surface area contributed by atoms with Crippen molar-refractivity contribution in [3.8, 4) is 0 Å². The molecule has 0 aliphatic heterocycles. The first-order chi connectivity index (χ1) is 7.71. The zero-order valence-corrected chi connectivity index (χ0v) is 10.8. The van der Waals surface area contributed by atoms with Crippen molar-refractivity contribution in [2.24, 2.45) is 5.92 Å². The Morgan fingerprint density at radius 2 is 2.12 bits per heavy atom. The first-order valence-corrected chi connectivity index (χ1v) is 7.08. The Bertz CT molecular complexity index is 504. The van der Waals surface area contributed by atoms with Crippen LogP contribution in [0.3, 0.4) is 0 Å². The van der Waals surface area contributed by atoms with Crippen LogP contribution in [0, 0.1) is 5.92 Å². The average Bonchev–Trinajstić information content (AvgIpc) is 2.60. The maximum Gasteiger partial charge on any atom is 0.328 e. The van der Waals surface area contributed by atoms with Crippen LogP contribution in [0.25, 0.3) is 0 Å². The van der Waals surface area contributed by atoms with Gasteiger partial charge in [0.05, 0.1) is 6.20 Å². The monoisotopic (exact) mass is 260 g/mol. The highest BCUT2D eigenvalue weighted by Crippen LogP contribution is 2.19. The molecule has 1 rings (SSSR count). The molecule has 17 heavy (non-hydrogen) atoms. The maximum absolute atomic E-state index is 11.3. The molecule has 0 saturated carbocycles. The van der Waals surface area contributed by atoms with Crippen molar-refractivity contribution in [2.45, 2.75) is 31.2 Å². The zero-order valence-electron chi connectivity index (χ0n) is 9.99. The van der Waals surface area contributed by atoms with Crippen molar-refractivity contribution < 1.29 is 18.3 Å². The number of aromatic nitrogens is 2. The highest BCUT2D eigenvalue weighted by atomic mass is 32.2. The Kier molecular flexibility index (Phi) is 3.92. The molecule has 1 atom stereocenters. The van der Waals surface area contributed by atoms with Gasteiger partial charge in [0.2, 0.25) is 0 Å². The molecule has 0 fully saturated rings. The van der Waals surface area contributed by atoms with E-state index in [0.29, 0.717) is 6.42 Å². The predicted molar refractivity (Wildman–Crippen MR) is 61.5 cm³/mol. The zero-order chi connectivity index (χ0) is 13.2. The van der Waals surface area contributed by atoms with Gasteiger partial charge in [-0.25, -0.2) is 13.2 Å². The van der Waals surface area contributed by atoms with Gasteiger partial charge in [-0.15, -0.1) is 0 Å². The van der Waals surface area contributed by atoms with Crippen LogP contribution >= 0.6 is 0 Å². The molecule has 1 N–H and O–H groups in total. The highest BCUT2D eigenvalue weighted by Gasteiger charge is 2.23. The van der Waals surface area contributed by atoms with Gasteiger partial charge in [0, 0.05) is 12.5 Å². The summed E-state index contributed by atoms with van der Waals surface area (Å²) < 4.78 is 23.7. The van der Waals surface area contributed by atoms with E-state index in [1.165, 1.54) is 17.1 Å². The molecule has 1 aromatic rings. The Morgan fingerprint density at radius 3 is 2.47 bits per heavy atom. The van der Waals surface area contributed by atoms with E-state index < -0.39 is 21.8 Å². The summed E-state index contributed by atoms with van der Waals surface area (Å²) in [6.07, 6.45) is 3.90. The molecular weight excluding hydrogens is 244 g/mol. The number of carboxylic acids is 1. The summed E-state index contributed by atoms with van der Waals surface area (Å²) in [7, 11) is -3.35. The molecule has 0 saturated heterocycles. The van der Waals surface area contributed by atoms with Gasteiger partial charge in [0.15, 0.2) is 9.84 Å². The smallest absolute Gasteiger partial charge is 0.328 e. The molecule has 96 valence electrons. The molecule has 0 aromatic carbocycles. The van der Waals surface area contributed by atoms with Crippen molar-refractivity contribution in [3.63, 3.8) is 0 Å². The quantitative estimate of drug-likeness (QED) is 0.851.